The Morgan fingerprint density at radius 1 is 0.962 bits per heavy atom. The maximum absolute atomic E-state index is 12.8. The van der Waals surface area contributed by atoms with Crippen molar-refractivity contribution in [2.45, 2.75) is 20.8 Å². The van der Waals surface area contributed by atoms with Crippen LogP contribution in [-0.2, 0) is 4.79 Å². The minimum absolute atomic E-state index is 0.219. The van der Waals surface area contributed by atoms with Crippen LogP contribution in [0.15, 0.2) is 48.5 Å². The zero-order valence-electron chi connectivity index (χ0n) is 16.1. The summed E-state index contributed by atoms with van der Waals surface area (Å²) in [5, 5.41) is 0. The summed E-state index contributed by atoms with van der Waals surface area (Å²) >= 11 is 0. The normalized spacial score (nSPS) is 14.4. The van der Waals surface area contributed by atoms with E-state index < -0.39 is 0 Å². The summed E-state index contributed by atoms with van der Waals surface area (Å²) in [4.78, 5) is 19.3. The molecule has 0 aromatic heterocycles. The smallest absolute Gasteiger partial charge is 0.242 e. The SMILES string of the molecule is CCN(CC(=O)N1CCN(c2cccc(C)c2C)CC1)c1ccccc1. The van der Waals surface area contributed by atoms with Gasteiger partial charge in [-0.25, -0.2) is 0 Å². The van der Waals surface area contributed by atoms with E-state index in [1.54, 1.807) is 0 Å². The second-order valence-electron chi connectivity index (χ2n) is 6.94. The van der Waals surface area contributed by atoms with Crippen LogP contribution in [-0.4, -0.2) is 50.1 Å². The van der Waals surface area contributed by atoms with Crippen LogP contribution >= 0.6 is 0 Å². The zero-order chi connectivity index (χ0) is 18.5. The molecule has 1 aliphatic heterocycles. The molecule has 4 nitrogen and oxygen atoms in total. The molecule has 1 saturated heterocycles. The molecule has 0 aliphatic carbocycles. The lowest BCUT2D eigenvalue weighted by atomic mass is 10.1. The van der Waals surface area contributed by atoms with Gasteiger partial charge in [0.1, 0.15) is 0 Å². The first-order valence-electron chi connectivity index (χ1n) is 9.49. The molecule has 0 spiro atoms. The Morgan fingerprint density at radius 2 is 1.65 bits per heavy atom. The molecule has 0 atom stereocenters. The van der Waals surface area contributed by atoms with E-state index in [0.29, 0.717) is 6.54 Å². The van der Waals surface area contributed by atoms with Gasteiger partial charge in [0.05, 0.1) is 6.54 Å². The van der Waals surface area contributed by atoms with Crippen LogP contribution in [0.2, 0.25) is 0 Å². The summed E-state index contributed by atoms with van der Waals surface area (Å²) in [6, 6.07) is 16.6. The van der Waals surface area contributed by atoms with Gasteiger partial charge in [0.25, 0.3) is 0 Å². The van der Waals surface area contributed by atoms with Gasteiger partial charge in [-0.1, -0.05) is 30.3 Å². The van der Waals surface area contributed by atoms with Crippen LogP contribution in [0.25, 0.3) is 0 Å². The van der Waals surface area contributed by atoms with Crippen molar-refractivity contribution in [1.29, 1.82) is 0 Å². The lowest BCUT2D eigenvalue weighted by molar-refractivity contribution is -0.130. The second kappa shape index (κ2) is 8.26. The second-order valence-corrected chi connectivity index (χ2v) is 6.94. The Bertz CT molecular complexity index is 736. The first kappa shape index (κ1) is 18.3. The molecular formula is C22H29N3O. The number of para-hydroxylation sites is 1. The highest BCUT2D eigenvalue weighted by atomic mass is 16.2. The van der Waals surface area contributed by atoms with Gasteiger partial charge in [0.2, 0.25) is 5.91 Å². The molecule has 1 amide bonds. The molecule has 138 valence electrons. The lowest BCUT2D eigenvalue weighted by Crippen LogP contribution is -2.51. The van der Waals surface area contributed by atoms with E-state index in [9.17, 15) is 4.79 Å². The number of carbonyl (C=O) groups is 1. The number of amides is 1. The van der Waals surface area contributed by atoms with Crippen molar-refractivity contribution in [3.05, 3.63) is 59.7 Å². The number of carbonyl (C=O) groups excluding carboxylic acids is 1. The lowest BCUT2D eigenvalue weighted by Gasteiger charge is -2.38. The molecule has 26 heavy (non-hydrogen) atoms. The number of aryl methyl sites for hydroxylation is 1. The van der Waals surface area contributed by atoms with Crippen molar-refractivity contribution in [3.63, 3.8) is 0 Å². The van der Waals surface area contributed by atoms with E-state index in [1.165, 1.54) is 16.8 Å². The van der Waals surface area contributed by atoms with Crippen molar-refractivity contribution in [1.82, 2.24) is 4.90 Å². The van der Waals surface area contributed by atoms with E-state index in [1.807, 2.05) is 23.1 Å². The Morgan fingerprint density at radius 3 is 2.31 bits per heavy atom. The molecule has 0 N–H and O–H groups in total. The Hall–Kier alpha value is -2.49. The predicted molar refractivity (Wildman–Crippen MR) is 109 cm³/mol. The monoisotopic (exact) mass is 351 g/mol. The van der Waals surface area contributed by atoms with Gasteiger partial charge in [-0.05, 0) is 50.1 Å². The van der Waals surface area contributed by atoms with E-state index in [4.69, 9.17) is 0 Å². The van der Waals surface area contributed by atoms with Gasteiger partial charge < -0.3 is 14.7 Å². The summed E-state index contributed by atoms with van der Waals surface area (Å²) in [6.45, 7) is 11.1. The van der Waals surface area contributed by atoms with Crippen molar-refractivity contribution in [3.8, 4) is 0 Å². The number of piperazine rings is 1. The molecular weight excluding hydrogens is 322 g/mol. The highest BCUT2D eigenvalue weighted by molar-refractivity contribution is 5.81. The average molecular weight is 351 g/mol. The number of benzene rings is 2. The Labute approximate surface area is 157 Å². The van der Waals surface area contributed by atoms with Gasteiger partial charge in [-0.3, -0.25) is 4.79 Å². The fraction of sp³-hybridized carbons (Fsp3) is 0.409. The third kappa shape index (κ3) is 4.01. The maximum Gasteiger partial charge on any atom is 0.242 e. The van der Waals surface area contributed by atoms with Gasteiger partial charge >= 0.3 is 0 Å². The minimum atomic E-state index is 0.219. The molecule has 0 unspecified atom stereocenters. The summed E-state index contributed by atoms with van der Waals surface area (Å²) in [7, 11) is 0. The van der Waals surface area contributed by atoms with Crippen LogP contribution in [0.1, 0.15) is 18.1 Å². The Kier molecular flexibility index (Phi) is 5.82. The highest BCUT2D eigenvalue weighted by Gasteiger charge is 2.23. The molecule has 3 rings (SSSR count). The number of anilines is 2. The molecule has 1 aliphatic rings. The average Bonchev–Trinajstić information content (AvgIpc) is 2.69. The molecule has 1 heterocycles. The summed E-state index contributed by atoms with van der Waals surface area (Å²) in [5.41, 5.74) is 5.07. The largest absolute Gasteiger partial charge is 0.368 e. The number of likely N-dealkylation sites (N-methyl/N-ethyl adjacent to an activating group) is 1. The summed E-state index contributed by atoms with van der Waals surface area (Å²) in [6.07, 6.45) is 0. The topological polar surface area (TPSA) is 26.8 Å². The van der Waals surface area contributed by atoms with Crippen LogP contribution in [0.4, 0.5) is 11.4 Å². The van der Waals surface area contributed by atoms with E-state index in [2.05, 4.69) is 60.9 Å². The van der Waals surface area contributed by atoms with Crippen LogP contribution in [0.5, 0.6) is 0 Å². The van der Waals surface area contributed by atoms with E-state index >= 15 is 0 Å². The van der Waals surface area contributed by atoms with Gasteiger partial charge in [-0.2, -0.15) is 0 Å². The molecule has 0 saturated carbocycles. The van der Waals surface area contributed by atoms with Crippen LogP contribution in [0.3, 0.4) is 0 Å². The van der Waals surface area contributed by atoms with Gasteiger partial charge in [0.15, 0.2) is 0 Å². The van der Waals surface area contributed by atoms with Crippen molar-refractivity contribution >= 4 is 17.3 Å². The predicted octanol–water partition coefficient (Wildman–Crippen LogP) is 3.48. The number of rotatable bonds is 5. The van der Waals surface area contributed by atoms with Crippen LogP contribution < -0.4 is 9.80 Å². The molecule has 0 radical (unpaired) electrons. The van der Waals surface area contributed by atoms with Crippen LogP contribution in [0, 0.1) is 13.8 Å². The zero-order valence-corrected chi connectivity index (χ0v) is 16.1. The maximum atomic E-state index is 12.8. The number of hydrogen-bond donors (Lipinski definition) is 0. The fourth-order valence-corrected chi connectivity index (χ4v) is 3.56. The van der Waals surface area contributed by atoms with E-state index in [0.717, 1.165) is 38.4 Å². The first-order valence-corrected chi connectivity index (χ1v) is 9.49. The quantitative estimate of drug-likeness (QED) is 0.825. The Balaban J connectivity index is 1.59. The fourth-order valence-electron chi connectivity index (χ4n) is 3.56. The molecule has 0 bridgehead atoms. The van der Waals surface area contributed by atoms with Gasteiger partial charge in [0, 0.05) is 44.1 Å². The van der Waals surface area contributed by atoms with Crippen molar-refractivity contribution in [2.24, 2.45) is 0 Å². The summed E-state index contributed by atoms with van der Waals surface area (Å²) < 4.78 is 0. The first-order chi connectivity index (χ1) is 12.6. The van der Waals surface area contributed by atoms with Crippen molar-refractivity contribution in [2.75, 3.05) is 49.1 Å². The summed E-state index contributed by atoms with van der Waals surface area (Å²) in [5.74, 6) is 0.219. The van der Waals surface area contributed by atoms with Crippen molar-refractivity contribution < 1.29 is 4.79 Å². The third-order valence-corrected chi connectivity index (χ3v) is 5.38. The minimum Gasteiger partial charge on any atom is -0.368 e. The molecule has 2 aromatic rings. The third-order valence-electron chi connectivity index (χ3n) is 5.38. The molecule has 4 heteroatoms. The molecule has 2 aromatic carbocycles. The highest BCUT2D eigenvalue weighted by Crippen LogP contribution is 2.24. The standard InChI is InChI=1S/C22H29N3O/c1-4-23(20-10-6-5-7-11-20)17-22(26)25-15-13-24(14-16-25)21-12-8-9-18(2)19(21)3/h5-12H,4,13-17H2,1-3H3. The van der Waals surface area contributed by atoms with E-state index in [-0.39, 0.29) is 5.91 Å². The number of nitrogens with zero attached hydrogens (tertiary/aromatic N) is 3. The molecule has 1 fully saturated rings. The van der Waals surface area contributed by atoms with Gasteiger partial charge in [-0.15, -0.1) is 0 Å². The number of hydrogen-bond acceptors (Lipinski definition) is 3.